The van der Waals surface area contributed by atoms with Gasteiger partial charge in [0.05, 0.1) is 12.2 Å². The van der Waals surface area contributed by atoms with Gasteiger partial charge in [-0.05, 0) is 43.5 Å². The Balaban J connectivity index is 1.47. The minimum absolute atomic E-state index is 0.155. The zero-order valence-corrected chi connectivity index (χ0v) is 15.6. The van der Waals surface area contributed by atoms with Crippen molar-refractivity contribution in [1.82, 2.24) is 0 Å². The summed E-state index contributed by atoms with van der Waals surface area (Å²) in [6, 6.07) is 6.43. The standard InChI is InChI=1S/C21H24O7/c1-13(26-20(24)12-7-14-5-8-15(22)9-6-14)16-10-11-18(27-16)21(25)17-3-2-4-19(23)28-17/h2,4-9,12-13,16-18,21-22,25H,3,10-11H2,1H3/b12-7+/t13-,16-,17+,18+,21+/m0/s1. The zero-order valence-electron chi connectivity index (χ0n) is 15.6. The van der Waals surface area contributed by atoms with Crippen LogP contribution in [0.4, 0.5) is 0 Å². The number of rotatable bonds is 6. The number of esters is 2. The fraction of sp³-hybridized carbons (Fsp3) is 0.429. The van der Waals surface area contributed by atoms with Crippen LogP contribution in [0.15, 0.2) is 42.5 Å². The first-order valence-electron chi connectivity index (χ1n) is 9.31. The van der Waals surface area contributed by atoms with Crippen LogP contribution in [-0.4, -0.2) is 52.7 Å². The molecule has 2 heterocycles. The third kappa shape index (κ3) is 5.21. The predicted molar refractivity (Wildman–Crippen MR) is 100 cm³/mol. The van der Waals surface area contributed by atoms with Crippen molar-refractivity contribution < 1.29 is 34.0 Å². The summed E-state index contributed by atoms with van der Waals surface area (Å²) in [5.74, 6) is -0.811. The van der Waals surface area contributed by atoms with Crippen LogP contribution in [0.25, 0.3) is 6.08 Å². The van der Waals surface area contributed by atoms with Crippen molar-refractivity contribution in [1.29, 1.82) is 0 Å². The molecule has 0 amide bonds. The molecule has 1 aromatic rings. The number of aliphatic hydroxyl groups excluding tert-OH is 1. The van der Waals surface area contributed by atoms with Crippen molar-refractivity contribution in [2.45, 2.75) is 56.7 Å². The molecule has 7 nitrogen and oxygen atoms in total. The molecule has 5 atom stereocenters. The number of aliphatic hydroxyl groups is 1. The van der Waals surface area contributed by atoms with E-state index in [1.165, 1.54) is 24.3 Å². The van der Waals surface area contributed by atoms with Crippen molar-refractivity contribution in [3.05, 3.63) is 48.1 Å². The fourth-order valence-electron chi connectivity index (χ4n) is 3.32. The molecular formula is C21H24O7. The quantitative estimate of drug-likeness (QED) is 0.568. The van der Waals surface area contributed by atoms with Crippen LogP contribution < -0.4 is 0 Å². The van der Waals surface area contributed by atoms with Gasteiger partial charge in [-0.1, -0.05) is 18.2 Å². The molecule has 150 valence electrons. The van der Waals surface area contributed by atoms with Gasteiger partial charge in [0, 0.05) is 18.6 Å². The minimum atomic E-state index is -0.920. The van der Waals surface area contributed by atoms with E-state index >= 15 is 0 Å². The normalized spacial score (nSPS) is 26.8. The average Bonchev–Trinajstić information content (AvgIpc) is 3.17. The Morgan fingerprint density at radius 3 is 2.64 bits per heavy atom. The van der Waals surface area contributed by atoms with Gasteiger partial charge in [-0.2, -0.15) is 0 Å². The number of aromatic hydroxyl groups is 1. The van der Waals surface area contributed by atoms with Gasteiger partial charge >= 0.3 is 11.9 Å². The maximum atomic E-state index is 12.0. The van der Waals surface area contributed by atoms with Crippen molar-refractivity contribution in [2.75, 3.05) is 0 Å². The van der Waals surface area contributed by atoms with E-state index in [-0.39, 0.29) is 11.9 Å². The summed E-state index contributed by atoms with van der Waals surface area (Å²) in [7, 11) is 0. The molecule has 1 fully saturated rings. The van der Waals surface area contributed by atoms with Gasteiger partial charge in [-0.15, -0.1) is 0 Å². The second-order valence-electron chi connectivity index (χ2n) is 6.96. The number of hydrogen-bond acceptors (Lipinski definition) is 7. The summed E-state index contributed by atoms with van der Waals surface area (Å²) in [5, 5.41) is 19.7. The fourth-order valence-corrected chi connectivity index (χ4v) is 3.32. The number of ether oxygens (including phenoxy) is 3. The molecule has 0 radical (unpaired) electrons. The summed E-state index contributed by atoms with van der Waals surface area (Å²) in [6.45, 7) is 1.75. The lowest BCUT2D eigenvalue weighted by Crippen LogP contribution is -2.41. The molecule has 2 aliphatic rings. The van der Waals surface area contributed by atoms with Gasteiger partial charge in [-0.3, -0.25) is 0 Å². The van der Waals surface area contributed by atoms with Crippen LogP contribution in [0.1, 0.15) is 31.7 Å². The number of phenols is 1. The van der Waals surface area contributed by atoms with Crippen molar-refractivity contribution >= 4 is 18.0 Å². The maximum absolute atomic E-state index is 12.0. The molecule has 1 saturated heterocycles. The summed E-state index contributed by atoms with van der Waals surface area (Å²) < 4.78 is 16.4. The Hall–Kier alpha value is -2.64. The smallest absolute Gasteiger partial charge is 0.331 e. The molecule has 0 spiro atoms. The van der Waals surface area contributed by atoms with Crippen LogP contribution in [0.5, 0.6) is 5.75 Å². The molecule has 1 aromatic carbocycles. The Morgan fingerprint density at radius 2 is 1.93 bits per heavy atom. The van der Waals surface area contributed by atoms with E-state index < -0.39 is 36.4 Å². The third-order valence-corrected chi connectivity index (χ3v) is 4.87. The van der Waals surface area contributed by atoms with Crippen LogP contribution in [0.2, 0.25) is 0 Å². The number of carbonyl (C=O) groups excluding carboxylic acids is 2. The van der Waals surface area contributed by atoms with Crippen LogP contribution >= 0.6 is 0 Å². The number of hydrogen-bond donors (Lipinski definition) is 2. The van der Waals surface area contributed by atoms with Gasteiger partial charge in [-0.25, -0.2) is 9.59 Å². The highest BCUT2D eigenvalue weighted by Crippen LogP contribution is 2.29. The number of benzene rings is 1. The van der Waals surface area contributed by atoms with Gasteiger partial charge in [0.2, 0.25) is 0 Å². The van der Waals surface area contributed by atoms with E-state index in [0.717, 1.165) is 5.56 Å². The van der Waals surface area contributed by atoms with Crippen LogP contribution in [0.3, 0.4) is 0 Å². The lowest BCUT2D eigenvalue weighted by Gasteiger charge is -2.28. The van der Waals surface area contributed by atoms with E-state index in [2.05, 4.69) is 0 Å². The van der Waals surface area contributed by atoms with E-state index in [1.807, 2.05) is 0 Å². The van der Waals surface area contributed by atoms with E-state index in [0.29, 0.717) is 19.3 Å². The predicted octanol–water partition coefficient (Wildman–Crippen LogP) is 2.12. The molecule has 0 aliphatic carbocycles. The molecule has 0 unspecified atom stereocenters. The highest BCUT2D eigenvalue weighted by Gasteiger charge is 2.39. The number of phenolic OH excluding ortho intramolecular Hbond substituents is 1. The lowest BCUT2D eigenvalue weighted by molar-refractivity contribution is -0.164. The van der Waals surface area contributed by atoms with Gasteiger partial charge in [0.25, 0.3) is 0 Å². The third-order valence-electron chi connectivity index (χ3n) is 4.87. The summed E-state index contributed by atoms with van der Waals surface area (Å²) in [5.41, 5.74) is 0.763. The first-order chi connectivity index (χ1) is 13.4. The molecule has 28 heavy (non-hydrogen) atoms. The van der Waals surface area contributed by atoms with Crippen molar-refractivity contribution in [2.24, 2.45) is 0 Å². The second-order valence-corrected chi connectivity index (χ2v) is 6.96. The topological polar surface area (TPSA) is 102 Å². The molecule has 3 rings (SSSR count). The summed E-state index contributed by atoms with van der Waals surface area (Å²) >= 11 is 0. The minimum Gasteiger partial charge on any atom is -0.508 e. The van der Waals surface area contributed by atoms with E-state index in [4.69, 9.17) is 14.2 Å². The molecule has 2 N–H and O–H groups in total. The first kappa shape index (κ1) is 20.1. The average molecular weight is 388 g/mol. The van der Waals surface area contributed by atoms with Gasteiger partial charge < -0.3 is 24.4 Å². The Bertz CT molecular complexity index is 753. The highest BCUT2D eigenvalue weighted by atomic mass is 16.6. The molecule has 2 aliphatic heterocycles. The first-order valence-corrected chi connectivity index (χ1v) is 9.31. The number of cyclic esters (lactones) is 1. The Kier molecular flexibility index (Phi) is 6.49. The second kappa shape index (κ2) is 9.03. The van der Waals surface area contributed by atoms with Crippen LogP contribution in [0, 0.1) is 0 Å². The summed E-state index contributed by atoms with van der Waals surface area (Å²) in [6.07, 6.45) is 4.79. The molecular weight excluding hydrogens is 364 g/mol. The van der Waals surface area contributed by atoms with E-state index in [1.54, 1.807) is 31.2 Å². The van der Waals surface area contributed by atoms with Crippen molar-refractivity contribution in [3.8, 4) is 5.75 Å². The van der Waals surface area contributed by atoms with Crippen LogP contribution in [-0.2, 0) is 23.8 Å². The lowest BCUT2D eigenvalue weighted by atomic mass is 10.0. The Morgan fingerprint density at radius 1 is 1.21 bits per heavy atom. The molecule has 0 aromatic heterocycles. The highest BCUT2D eigenvalue weighted by molar-refractivity contribution is 5.87. The SMILES string of the molecule is C[C@H](OC(=O)/C=C/c1ccc(O)cc1)[C@@H]1CC[C@H]([C@H](O)[C@H]2CC=CC(=O)O2)O1. The number of carbonyl (C=O) groups is 2. The largest absolute Gasteiger partial charge is 0.508 e. The molecule has 0 saturated carbocycles. The van der Waals surface area contributed by atoms with E-state index in [9.17, 15) is 19.8 Å². The molecule has 0 bridgehead atoms. The maximum Gasteiger partial charge on any atom is 0.331 e. The van der Waals surface area contributed by atoms with Gasteiger partial charge in [0.15, 0.2) is 0 Å². The Labute approximate surface area is 163 Å². The molecule has 7 heteroatoms. The summed E-state index contributed by atoms with van der Waals surface area (Å²) in [4.78, 5) is 23.4. The van der Waals surface area contributed by atoms with Crippen molar-refractivity contribution in [3.63, 3.8) is 0 Å². The monoisotopic (exact) mass is 388 g/mol. The zero-order chi connectivity index (χ0) is 20.1. The van der Waals surface area contributed by atoms with Gasteiger partial charge in [0.1, 0.15) is 24.1 Å².